The third kappa shape index (κ3) is 4.35. The van der Waals surface area contributed by atoms with Gasteiger partial charge in [-0.3, -0.25) is 4.79 Å². The van der Waals surface area contributed by atoms with Crippen LogP contribution in [0.1, 0.15) is 19.3 Å². The number of piperidine rings is 1. The van der Waals surface area contributed by atoms with Gasteiger partial charge in [0.25, 0.3) is 0 Å². The highest BCUT2D eigenvalue weighted by Gasteiger charge is 2.27. The topological polar surface area (TPSA) is 50.8 Å². The van der Waals surface area contributed by atoms with Crippen LogP contribution in [0.5, 0.6) is 5.75 Å². The number of halogens is 2. The van der Waals surface area contributed by atoms with Gasteiger partial charge in [-0.05, 0) is 43.5 Å². The Morgan fingerprint density at radius 1 is 1.29 bits per heavy atom. The summed E-state index contributed by atoms with van der Waals surface area (Å²) in [5.41, 5.74) is 0.944. The molecular formula is C17H22F2N2O3. The van der Waals surface area contributed by atoms with E-state index in [2.05, 4.69) is 15.0 Å². The van der Waals surface area contributed by atoms with Crippen LogP contribution in [0.25, 0.3) is 0 Å². The molecule has 5 nitrogen and oxygen atoms in total. The van der Waals surface area contributed by atoms with Crippen molar-refractivity contribution < 1.29 is 23.0 Å². The van der Waals surface area contributed by atoms with Crippen molar-refractivity contribution in [2.45, 2.75) is 31.9 Å². The summed E-state index contributed by atoms with van der Waals surface area (Å²) in [7, 11) is 0. The highest BCUT2D eigenvalue weighted by molar-refractivity contribution is 5.79. The highest BCUT2D eigenvalue weighted by Crippen LogP contribution is 2.24. The number of ether oxygens (including phenoxy) is 2. The molecule has 0 aliphatic carbocycles. The van der Waals surface area contributed by atoms with Gasteiger partial charge >= 0.3 is 6.61 Å². The van der Waals surface area contributed by atoms with Gasteiger partial charge in [0.1, 0.15) is 5.75 Å². The molecule has 1 aromatic carbocycles. The summed E-state index contributed by atoms with van der Waals surface area (Å²) in [4.78, 5) is 14.4. The number of nitrogens with zero attached hydrogens (tertiary/aromatic N) is 1. The minimum atomic E-state index is -2.81. The van der Waals surface area contributed by atoms with Crippen molar-refractivity contribution in [3.8, 4) is 5.75 Å². The number of hydrogen-bond donors (Lipinski definition) is 1. The van der Waals surface area contributed by atoms with E-state index >= 15 is 0 Å². The molecule has 0 radical (unpaired) electrons. The lowest BCUT2D eigenvalue weighted by molar-refractivity contribution is -0.125. The molecule has 2 heterocycles. The molecule has 0 spiro atoms. The van der Waals surface area contributed by atoms with Crippen molar-refractivity contribution in [1.29, 1.82) is 0 Å². The summed E-state index contributed by atoms with van der Waals surface area (Å²) < 4.78 is 34.0. The summed E-state index contributed by atoms with van der Waals surface area (Å²) in [6.45, 7) is -0.0528. The zero-order valence-electron chi connectivity index (χ0n) is 13.4. The van der Waals surface area contributed by atoms with Crippen LogP contribution >= 0.6 is 0 Å². The van der Waals surface area contributed by atoms with Gasteiger partial charge in [-0.1, -0.05) is 0 Å². The molecule has 132 valence electrons. The van der Waals surface area contributed by atoms with E-state index in [9.17, 15) is 13.6 Å². The van der Waals surface area contributed by atoms with E-state index in [4.69, 9.17) is 4.74 Å². The predicted molar refractivity (Wildman–Crippen MR) is 85.4 cm³/mol. The average Bonchev–Trinajstić information content (AvgIpc) is 3.10. The number of benzene rings is 1. The maximum Gasteiger partial charge on any atom is 0.387 e. The van der Waals surface area contributed by atoms with Crippen molar-refractivity contribution in [3.63, 3.8) is 0 Å². The van der Waals surface area contributed by atoms with Gasteiger partial charge in [0.15, 0.2) is 0 Å². The van der Waals surface area contributed by atoms with Crippen molar-refractivity contribution in [2.75, 3.05) is 31.2 Å². The number of rotatable bonds is 5. The van der Waals surface area contributed by atoms with E-state index < -0.39 is 6.61 Å². The Kier molecular flexibility index (Phi) is 5.50. The Morgan fingerprint density at radius 3 is 2.75 bits per heavy atom. The molecule has 1 N–H and O–H groups in total. The fourth-order valence-corrected chi connectivity index (χ4v) is 3.23. The molecule has 24 heavy (non-hydrogen) atoms. The van der Waals surface area contributed by atoms with Gasteiger partial charge in [0.2, 0.25) is 5.91 Å². The van der Waals surface area contributed by atoms with E-state index in [1.807, 2.05) is 0 Å². The molecule has 7 heteroatoms. The molecule has 0 unspecified atom stereocenters. The first-order valence-electron chi connectivity index (χ1n) is 8.30. The molecule has 2 aliphatic heterocycles. The quantitative estimate of drug-likeness (QED) is 0.894. The summed E-state index contributed by atoms with van der Waals surface area (Å²) >= 11 is 0. The minimum absolute atomic E-state index is 0.0360. The average molecular weight is 340 g/mol. The molecule has 0 aromatic heterocycles. The van der Waals surface area contributed by atoms with Crippen LogP contribution in [-0.2, 0) is 9.53 Å². The monoisotopic (exact) mass is 340 g/mol. The van der Waals surface area contributed by atoms with Gasteiger partial charge in [0.05, 0.1) is 12.5 Å². The molecule has 1 amide bonds. The lowest BCUT2D eigenvalue weighted by Crippen LogP contribution is -2.49. The Hall–Kier alpha value is -1.89. The number of carbonyl (C=O) groups excluding carboxylic acids is 1. The standard InChI is InChI=1S/C17H22F2N2O3/c18-17(19)24-15-5-3-14(4-6-15)21-8-1-2-13(10-21)20-16(22)12-7-9-23-11-12/h3-6,12-13,17H,1-2,7-11H2,(H,20,22)/t12-,13-/m0/s1. The molecule has 0 saturated carbocycles. The maximum absolute atomic E-state index is 12.2. The highest BCUT2D eigenvalue weighted by atomic mass is 19.3. The van der Waals surface area contributed by atoms with Gasteiger partial charge in [0, 0.05) is 31.4 Å². The molecule has 2 saturated heterocycles. The second kappa shape index (κ2) is 7.79. The number of hydrogen-bond acceptors (Lipinski definition) is 4. The fourth-order valence-electron chi connectivity index (χ4n) is 3.23. The minimum Gasteiger partial charge on any atom is -0.435 e. The lowest BCUT2D eigenvalue weighted by Gasteiger charge is -2.35. The Balaban J connectivity index is 1.55. The molecule has 2 fully saturated rings. The molecule has 1 aromatic rings. The summed E-state index contributed by atoms with van der Waals surface area (Å²) in [5, 5.41) is 3.11. The van der Waals surface area contributed by atoms with Crippen molar-refractivity contribution in [1.82, 2.24) is 5.32 Å². The van der Waals surface area contributed by atoms with Gasteiger partial charge in [-0.15, -0.1) is 0 Å². The zero-order chi connectivity index (χ0) is 16.9. The first kappa shape index (κ1) is 17.0. The second-order valence-corrected chi connectivity index (χ2v) is 6.23. The zero-order valence-corrected chi connectivity index (χ0v) is 13.4. The van der Waals surface area contributed by atoms with Crippen LogP contribution in [0.4, 0.5) is 14.5 Å². The number of carbonyl (C=O) groups is 1. The van der Waals surface area contributed by atoms with Crippen LogP contribution in [0.15, 0.2) is 24.3 Å². The molecule has 2 atom stereocenters. The lowest BCUT2D eigenvalue weighted by atomic mass is 10.0. The number of alkyl halides is 2. The molecular weight excluding hydrogens is 318 g/mol. The SMILES string of the molecule is O=C(N[C@H]1CCCN(c2ccc(OC(F)F)cc2)C1)[C@H]1CCOC1. The number of nitrogens with one attached hydrogen (secondary N) is 1. The first-order valence-corrected chi connectivity index (χ1v) is 8.30. The first-order chi connectivity index (χ1) is 11.6. The normalized spacial score (nSPS) is 24.2. The van der Waals surface area contributed by atoms with E-state index in [1.54, 1.807) is 24.3 Å². The van der Waals surface area contributed by atoms with E-state index in [0.29, 0.717) is 19.8 Å². The Bertz CT molecular complexity index is 547. The van der Waals surface area contributed by atoms with Gasteiger partial charge < -0.3 is 19.7 Å². The summed E-state index contributed by atoms with van der Waals surface area (Å²) in [5.74, 6) is 0.183. The summed E-state index contributed by atoms with van der Waals surface area (Å²) in [6, 6.07) is 6.72. The predicted octanol–water partition coefficient (Wildman–Crippen LogP) is 2.41. The maximum atomic E-state index is 12.2. The van der Waals surface area contributed by atoms with Crippen molar-refractivity contribution in [2.24, 2.45) is 5.92 Å². The largest absolute Gasteiger partial charge is 0.435 e. The molecule has 0 bridgehead atoms. The van der Waals surface area contributed by atoms with Gasteiger partial charge in [-0.25, -0.2) is 0 Å². The van der Waals surface area contributed by atoms with Crippen LogP contribution < -0.4 is 15.0 Å². The Morgan fingerprint density at radius 2 is 2.08 bits per heavy atom. The van der Waals surface area contributed by atoms with Crippen LogP contribution in [0.2, 0.25) is 0 Å². The van der Waals surface area contributed by atoms with Crippen molar-refractivity contribution in [3.05, 3.63) is 24.3 Å². The molecule has 2 aliphatic rings. The second-order valence-electron chi connectivity index (χ2n) is 6.23. The third-order valence-electron chi connectivity index (χ3n) is 4.50. The number of anilines is 1. The van der Waals surface area contributed by atoms with Crippen LogP contribution in [0, 0.1) is 5.92 Å². The molecule has 3 rings (SSSR count). The number of amides is 1. The third-order valence-corrected chi connectivity index (χ3v) is 4.50. The van der Waals surface area contributed by atoms with Crippen LogP contribution in [-0.4, -0.2) is 44.9 Å². The van der Waals surface area contributed by atoms with E-state index in [-0.39, 0.29) is 23.6 Å². The van der Waals surface area contributed by atoms with Crippen LogP contribution in [0.3, 0.4) is 0 Å². The summed E-state index contributed by atoms with van der Waals surface area (Å²) in [6.07, 6.45) is 2.71. The fraction of sp³-hybridized carbons (Fsp3) is 0.588. The van der Waals surface area contributed by atoms with Gasteiger partial charge in [-0.2, -0.15) is 8.78 Å². The van der Waals surface area contributed by atoms with E-state index in [1.165, 1.54) is 0 Å². The van der Waals surface area contributed by atoms with E-state index in [0.717, 1.165) is 31.5 Å². The Labute approximate surface area is 139 Å². The van der Waals surface area contributed by atoms with Crippen molar-refractivity contribution >= 4 is 11.6 Å². The smallest absolute Gasteiger partial charge is 0.387 e.